The monoisotopic (exact) mass is 272 g/mol. The first-order chi connectivity index (χ1) is 6.49. The van der Waals surface area contributed by atoms with Crippen LogP contribution >= 0.6 is 46.4 Å². The zero-order valence-electron chi connectivity index (χ0n) is 7.54. The third-order valence-electron chi connectivity index (χ3n) is 1.85. The summed E-state index contributed by atoms with van der Waals surface area (Å²) in [4.78, 5) is 4.06. The molecule has 1 unspecified atom stereocenters. The largest absolute Gasteiger partial charge is 0.312 e. The van der Waals surface area contributed by atoms with Crippen molar-refractivity contribution in [3.05, 3.63) is 25.9 Å². The molecule has 1 aromatic rings. The van der Waals surface area contributed by atoms with E-state index in [1.54, 1.807) is 7.05 Å². The Morgan fingerprint density at radius 2 is 1.64 bits per heavy atom. The van der Waals surface area contributed by atoms with Gasteiger partial charge >= 0.3 is 0 Å². The fraction of sp³-hybridized carbons (Fsp3) is 0.375. The summed E-state index contributed by atoms with van der Waals surface area (Å²) >= 11 is 23.4. The van der Waals surface area contributed by atoms with Gasteiger partial charge in [-0.25, -0.2) is 4.98 Å². The van der Waals surface area contributed by atoms with Crippen LogP contribution in [0.3, 0.4) is 0 Å². The Kier molecular flexibility index (Phi) is 4.29. The standard InChI is InChI=1S/C8H8Cl4N2/c1-3(13-2)7-5(10)4(9)6(11)8(12)14-7/h3,13H,1-2H3. The van der Waals surface area contributed by atoms with Crippen molar-refractivity contribution in [2.75, 3.05) is 7.05 Å². The van der Waals surface area contributed by atoms with Gasteiger partial charge in [-0.15, -0.1) is 0 Å². The lowest BCUT2D eigenvalue weighted by Gasteiger charge is -2.13. The third-order valence-corrected chi connectivity index (χ3v) is 3.55. The van der Waals surface area contributed by atoms with E-state index in [4.69, 9.17) is 46.4 Å². The summed E-state index contributed by atoms with van der Waals surface area (Å²) in [5.74, 6) is 0. The minimum Gasteiger partial charge on any atom is -0.312 e. The van der Waals surface area contributed by atoms with E-state index in [9.17, 15) is 0 Å². The Bertz CT molecular complexity index is 354. The van der Waals surface area contributed by atoms with Gasteiger partial charge in [0.15, 0.2) is 0 Å². The van der Waals surface area contributed by atoms with Crippen molar-refractivity contribution >= 4 is 46.4 Å². The summed E-state index contributed by atoms with van der Waals surface area (Å²) in [7, 11) is 1.79. The van der Waals surface area contributed by atoms with E-state index in [1.807, 2.05) is 6.92 Å². The van der Waals surface area contributed by atoms with Gasteiger partial charge in [-0.1, -0.05) is 46.4 Å². The summed E-state index contributed by atoms with van der Waals surface area (Å²) in [5.41, 5.74) is 0.591. The van der Waals surface area contributed by atoms with Crippen LogP contribution in [0.1, 0.15) is 18.7 Å². The summed E-state index contributed by atoms with van der Waals surface area (Å²) in [5, 5.41) is 3.92. The lowest BCUT2D eigenvalue weighted by atomic mass is 10.2. The van der Waals surface area contributed by atoms with Gasteiger partial charge in [0.05, 0.1) is 20.8 Å². The van der Waals surface area contributed by atoms with Crippen LogP contribution in [0, 0.1) is 0 Å². The summed E-state index contributed by atoms with van der Waals surface area (Å²) in [6, 6.07) is -0.0326. The molecule has 0 radical (unpaired) electrons. The molecule has 78 valence electrons. The highest BCUT2D eigenvalue weighted by atomic mass is 35.5. The van der Waals surface area contributed by atoms with E-state index in [0.717, 1.165) is 0 Å². The number of pyridine rings is 1. The highest BCUT2D eigenvalue weighted by Crippen LogP contribution is 2.37. The molecule has 1 N–H and O–H groups in total. The van der Waals surface area contributed by atoms with E-state index in [0.29, 0.717) is 10.7 Å². The maximum Gasteiger partial charge on any atom is 0.149 e. The molecule has 1 heterocycles. The molecule has 0 amide bonds. The van der Waals surface area contributed by atoms with E-state index in [1.165, 1.54) is 0 Å². The Morgan fingerprint density at radius 1 is 1.07 bits per heavy atom. The van der Waals surface area contributed by atoms with Gasteiger partial charge in [-0.2, -0.15) is 0 Å². The summed E-state index contributed by atoms with van der Waals surface area (Å²) in [6.07, 6.45) is 0. The van der Waals surface area contributed by atoms with Gasteiger partial charge in [0.1, 0.15) is 5.15 Å². The number of aromatic nitrogens is 1. The van der Waals surface area contributed by atoms with Crippen LogP contribution in [0.15, 0.2) is 0 Å². The molecule has 6 heteroatoms. The minimum absolute atomic E-state index is 0.0326. The quantitative estimate of drug-likeness (QED) is 0.825. The second-order valence-electron chi connectivity index (χ2n) is 2.74. The topological polar surface area (TPSA) is 24.9 Å². The molecule has 1 aromatic heterocycles. The van der Waals surface area contributed by atoms with Crippen molar-refractivity contribution in [3.8, 4) is 0 Å². The molecule has 1 atom stereocenters. The zero-order valence-corrected chi connectivity index (χ0v) is 10.6. The highest BCUT2D eigenvalue weighted by molar-refractivity contribution is 6.51. The molecule has 14 heavy (non-hydrogen) atoms. The van der Waals surface area contributed by atoms with Gasteiger partial charge in [0.2, 0.25) is 0 Å². The molecule has 0 aliphatic heterocycles. The van der Waals surface area contributed by atoms with Crippen molar-refractivity contribution < 1.29 is 0 Å². The molecule has 0 aromatic carbocycles. The van der Waals surface area contributed by atoms with Crippen LogP contribution in [-0.4, -0.2) is 12.0 Å². The summed E-state index contributed by atoms with van der Waals surface area (Å²) < 4.78 is 0. The first kappa shape index (κ1) is 12.3. The lowest BCUT2D eigenvalue weighted by molar-refractivity contribution is 0.633. The summed E-state index contributed by atoms with van der Waals surface area (Å²) in [6.45, 7) is 1.90. The minimum atomic E-state index is -0.0326. The molecule has 0 aliphatic carbocycles. The van der Waals surface area contributed by atoms with E-state index in [2.05, 4.69) is 10.3 Å². The van der Waals surface area contributed by atoms with Gasteiger partial charge in [0, 0.05) is 6.04 Å². The van der Waals surface area contributed by atoms with E-state index < -0.39 is 0 Å². The molecule has 0 saturated heterocycles. The molecule has 0 bridgehead atoms. The molecule has 0 spiro atoms. The van der Waals surface area contributed by atoms with Crippen LogP contribution in [-0.2, 0) is 0 Å². The normalized spacial score (nSPS) is 13.0. The highest BCUT2D eigenvalue weighted by Gasteiger charge is 2.17. The van der Waals surface area contributed by atoms with Gasteiger partial charge in [-0.05, 0) is 14.0 Å². The maximum atomic E-state index is 5.97. The van der Waals surface area contributed by atoms with Crippen molar-refractivity contribution in [1.82, 2.24) is 10.3 Å². The number of nitrogens with one attached hydrogen (secondary N) is 1. The Labute approximate surface area is 103 Å². The predicted molar refractivity (Wildman–Crippen MR) is 61.8 cm³/mol. The molecule has 1 rings (SSSR count). The molecule has 0 fully saturated rings. The second-order valence-corrected chi connectivity index (χ2v) is 4.23. The predicted octanol–water partition coefficient (Wildman–Crippen LogP) is 3.98. The first-order valence-corrected chi connectivity index (χ1v) is 5.37. The average Bonchev–Trinajstić information content (AvgIpc) is 2.19. The van der Waals surface area contributed by atoms with Gasteiger partial charge in [0.25, 0.3) is 0 Å². The number of rotatable bonds is 2. The van der Waals surface area contributed by atoms with Crippen LogP contribution in [0.25, 0.3) is 0 Å². The molecular formula is C8H8Cl4N2. The fourth-order valence-corrected chi connectivity index (χ4v) is 1.83. The smallest absolute Gasteiger partial charge is 0.149 e. The lowest BCUT2D eigenvalue weighted by Crippen LogP contribution is -2.14. The number of hydrogen-bond acceptors (Lipinski definition) is 2. The average molecular weight is 274 g/mol. The Morgan fingerprint density at radius 3 is 2.14 bits per heavy atom. The molecule has 0 saturated carbocycles. The van der Waals surface area contributed by atoms with Crippen molar-refractivity contribution in [1.29, 1.82) is 0 Å². The molecular weight excluding hydrogens is 266 g/mol. The molecule has 2 nitrogen and oxygen atoms in total. The van der Waals surface area contributed by atoms with Gasteiger partial charge in [-0.3, -0.25) is 0 Å². The molecule has 0 aliphatic rings. The van der Waals surface area contributed by atoms with Crippen LogP contribution in [0.5, 0.6) is 0 Å². The SMILES string of the molecule is CNC(C)c1nc(Cl)c(Cl)c(Cl)c1Cl. The zero-order chi connectivity index (χ0) is 10.9. The van der Waals surface area contributed by atoms with Crippen molar-refractivity contribution in [2.45, 2.75) is 13.0 Å². The van der Waals surface area contributed by atoms with Crippen LogP contribution in [0.2, 0.25) is 20.2 Å². The number of hydrogen-bond donors (Lipinski definition) is 1. The number of halogens is 4. The van der Waals surface area contributed by atoms with Gasteiger partial charge < -0.3 is 5.32 Å². The van der Waals surface area contributed by atoms with Crippen LogP contribution in [0.4, 0.5) is 0 Å². The van der Waals surface area contributed by atoms with Crippen molar-refractivity contribution in [2.24, 2.45) is 0 Å². The Hall–Kier alpha value is 0.270. The maximum absolute atomic E-state index is 5.97. The van der Waals surface area contributed by atoms with Crippen molar-refractivity contribution in [3.63, 3.8) is 0 Å². The fourth-order valence-electron chi connectivity index (χ4n) is 0.927. The Balaban J connectivity index is 3.33. The van der Waals surface area contributed by atoms with Crippen LogP contribution < -0.4 is 5.32 Å². The first-order valence-electron chi connectivity index (χ1n) is 3.86. The number of nitrogens with zero attached hydrogens (tertiary/aromatic N) is 1. The third kappa shape index (κ3) is 2.26. The van der Waals surface area contributed by atoms with E-state index >= 15 is 0 Å². The second kappa shape index (κ2) is 4.86. The van der Waals surface area contributed by atoms with E-state index in [-0.39, 0.29) is 21.2 Å².